The maximum atomic E-state index is 12.1. The minimum absolute atomic E-state index is 0.111. The van der Waals surface area contributed by atoms with Gasteiger partial charge in [0.1, 0.15) is 18.2 Å². The lowest BCUT2D eigenvalue weighted by Gasteiger charge is -2.25. The molecule has 1 rings (SSSR count). The number of carboxylic acid groups (broad SMARTS) is 1. The fourth-order valence-corrected chi connectivity index (χ4v) is 1.74. The summed E-state index contributed by atoms with van der Waals surface area (Å²) in [5.41, 5.74) is 0.0412. The first kappa shape index (κ1) is 21.8. The number of carbonyl (C=O) groups excluding carboxylic acids is 2. The topological polar surface area (TPSA) is 105 Å². The standard InChI is InChI=1S/C19H24N2O6/c1-14(16(22)23)21(18(25)27-19(2,3)4)12-8-11-20-17(24)26-13-15-9-6-5-7-10-15/h5-7,9-10,14H,11,13H2,1-4H3,(H,20,24)(H,22,23)/t14-/m0/s1. The van der Waals surface area contributed by atoms with Crippen LogP contribution < -0.4 is 5.32 Å². The Hall–Kier alpha value is -3.21. The summed E-state index contributed by atoms with van der Waals surface area (Å²) >= 11 is 0. The van der Waals surface area contributed by atoms with E-state index in [1.54, 1.807) is 20.8 Å². The third-order valence-electron chi connectivity index (χ3n) is 3.07. The molecule has 0 fully saturated rings. The fourth-order valence-electron chi connectivity index (χ4n) is 1.74. The molecule has 8 nitrogen and oxygen atoms in total. The molecule has 0 radical (unpaired) electrons. The summed E-state index contributed by atoms with van der Waals surface area (Å²) in [6.07, 6.45) is -1.56. The van der Waals surface area contributed by atoms with Crippen LogP contribution in [-0.2, 0) is 20.9 Å². The van der Waals surface area contributed by atoms with Crippen LogP contribution >= 0.6 is 0 Å². The minimum atomic E-state index is -1.23. The molecule has 0 aliphatic rings. The normalized spacial score (nSPS) is 11.4. The number of amides is 2. The average molecular weight is 376 g/mol. The van der Waals surface area contributed by atoms with Crippen molar-refractivity contribution < 1.29 is 29.0 Å². The number of alkyl carbamates (subject to hydrolysis) is 1. The van der Waals surface area contributed by atoms with Gasteiger partial charge in [0.25, 0.3) is 0 Å². The smallest absolute Gasteiger partial charge is 0.422 e. The van der Waals surface area contributed by atoms with Gasteiger partial charge in [0.05, 0.1) is 6.54 Å². The molecule has 1 aromatic rings. The first-order chi connectivity index (χ1) is 12.6. The molecular formula is C19H24N2O6. The van der Waals surface area contributed by atoms with Crippen LogP contribution in [0.4, 0.5) is 9.59 Å². The summed E-state index contributed by atoms with van der Waals surface area (Å²) in [4.78, 5) is 35.7. The van der Waals surface area contributed by atoms with Crippen LogP contribution in [-0.4, -0.2) is 46.3 Å². The predicted octanol–water partition coefficient (Wildman–Crippen LogP) is 2.58. The zero-order valence-corrected chi connectivity index (χ0v) is 15.8. The van der Waals surface area contributed by atoms with E-state index in [4.69, 9.17) is 14.6 Å². The van der Waals surface area contributed by atoms with Crippen molar-refractivity contribution in [2.24, 2.45) is 0 Å². The Kier molecular flexibility index (Phi) is 8.14. The van der Waals surface area contributed by atoms with Crippen molar-refractivity contribution in [2.45, 2.75) is 45.9 Å². The maximum Gasteiger partial charge on any atom is 0.422 e. The second kappa shape index (κ2) is 10.1. The van der Waals surface area contributed by atoms with Gasteiger partial charge in [-0.2, -0.15) is 0 Å². The molecule has 1 aromatic carbocycles. The van der Waals surface area contributed by atoms with Gasteiger partial charge in [-0.25, -0.2) is 19.3 Å². The zero-order chi connectivity index (χ0) is 20.4. The molecule has 0 saturated heterocycles. The SMILES string of the molecule is C[C@@H](C(=O)O)N(C#CCNC(=O)OCc1ccccc1)C(=O)OC(C)(C)C. The Morgan fingerprint density at radius 3 is 2.41 bits per heavy atom. The van der Waals surface area contributed by atoms with E-state index >= 15 is 0 Å². The van der Waals surface area contributed by atoms with E-state index in [0.29, 0.717) is 0 Å². The zero-order valence-electron chi connectivity index (χ0n) is 15.8. The number of hydrogen-bond acceptors (Lipinski definition) is 5. The molecule has 146 valence electrons. The van der Waals surface area contributed by atoms with Gasteiger partial charge in [0, 0.05) is 6.04 Å². The van der Waals surface area contributed by atoms with Crippen LogP contribution in [0.15, 0.2) is 30.3 Å². The molecule has 0 spiro atoms. The molecular weight excluding hydrogens is 352 g/mol. The van der Waals surface area contributed by atoms with Crippen LogP contribution in [0.5, 0.6) is 0 Å². The highest BCUT2D eigenvalue weighted by Crippen LogP contribution is 2.11. The lowest BCUT2D eigenvalue weighted by atomic mass is 10.2. The second-order valence-electron chi connectivity index (χ2n) is 6.57. The summed E-state index contributed by atoms with van der Waals surface area (Å²) < 4.78 is 10.2. The lowest BCUT2D eigenvalue weighted by Crippen LogP contribution is -2.43. The van der Waals surface area contributed by atoms with Gasteiger partial charge in [0.2, 0.25) is 0 Å². The number of ether oxygens (including phenoxy) is 2. The molecule has 0 bridgehead atoms. The van der Waals surface area contributed by atoms with E-state index in [9.17, 15) is 14.4 Å². The Bertz CT molecular complexity index is 715. The summed E-state index contributed by atoms with van der Waals surface area (Å²) in [7, 11) is 0. The van der Waals surface area contributed by atoms with E-state index in [0.717, 1.165) is 10.5 Å². The van der Waals surface area contributed by atoms with Gasteiger partial charge < -0.3 is 19.9 Å². The van der Waals surface area contributed by atoms with Gasteiger partial charge >= 0.3 is 18.2 Å². The Balaban J connectivity index is 2.58. The highest BCUT2D eigenvalue weighted by molar-refractivity contribution is 5.81. The minimum Gasteiger partial charge on any atom is -0.480 e. The Labute approximate surface area is 158 Å². The van der Waals surface area contributed by atoms with Crippen molar-refractivity contribution in [1.82, 2.24) is 10.2 Å². The predicted molar refractivity (Wildman–Crippen MR) is 97.6 cm³/mol. The van der Waals surface area contributed by atoms with Gasteiger partial charge in [-0.05, 0) is 33.3 Å². The van der Waals surface area contributed by atoms with E-state index in [1.165, 1.54) is 6.92 Å². The van der Waals surface area contributed by atoms with Gasteiger partial charge in [-0.15, -0.1) is 0 Å². The van der Waals surface area contributed by atoms with E-state index in [2.05, 4.69) is 17.3 Å². The van der Waals surface area contributed by atoms with Crippen molar-refractivity contribution in [3.05, 3.63) is 35.9 Å². The molecule has 0 heterocycles. The molecule has 0 aliphatic heterocycles. The largest absolute Gasteiger partial charge is 0.480 e. The molecule has 27 heavy (non-hydrogen) atoms. The van der Waals surface area contributed by atoms with Gasteiger partial charge in [-0.1, -0.05) is 36.3 Å². The van der Waals surface area contributed by atoms with Gasteiger partial charge in [-0.3, -0.25) is 0 Å². The number of benzene rings is 1. The maximum absolute atomic E-state index is 12.1. The van der Waals surface area contributed by atoms with E-state index in [-0.39, 0.29) is 13.2 Å². The van der Waals surface area contributed by atoms with Crippen LogP contribution in [0.2, 0.25) is 0 Å². The van der Waals surface area contributed by atoms with E-state index < -0.39 is 29.8 Å². The number of rotatable bonds is 5. The molecule has 0 unspecified atom stereocenters. The summed E-state index contributed by atoms with van der Waals surface area (Å²) in [6.45, 7) is 6.27. The molecule has 2 amide bonds. The second-order valence-corrected chi connectivity index (χ2v) is 6.57. The highest BCUT2D eigenvalue weighted by Gasteiger charge is 2.28. The van der Waals surface area contributed by atoms with Crippen LogP contribution in [0.1, 0.15) is 33.3 Å². The lowest BCUT2D eigenvalue weighted by molar-refractivity contribution is -0.141. The summed E-state index contributed by atoms with van der Waals surface area (Å²) in [6, 6.07) is 10.4. The number of carbonyl (C=O) groups is 3. The highest BCUT2D eigenvalue weighted by atomic mass is 16.6. The van der Waals surface area contributed by atoms with Crippen LogP contribution in [0.25, 0.3) is 0 Å². The molecule has 8 heteroatoms. The molecule has 1 atom stereocenters. The number of nitrogens with zero attached hydrogens (tertiary/aromatic N) is 1. The first-order valence-electron chi connectivity index (χ1n) is 8.28. The van der Waals surface area contributed by atoms with Crippen molar-refractivity contribution in [1.29, 1.82) is 0 Å². The third kappa shape index (κ3) is 8.63. The van der Waals surface area contributed by atoms with Crippen LogP contribution in [0, 0.1) is 12.0 Å². The van der Waals surface area contributed by atoms with Crippen molar-refractivity contribution in [3.8, 4) is 12.0 Å². The molecule has 0 aliphatic carbocycles. The third-order valence-corrected chi connectivity index (χ3v) is 3.07. The number of carboxylic acids is 1. The molecule has 0 saturated carbocycles. The van der Waals surface area contributed by atoms with Crippen molar-refractivity contribution in [2.75, 3.05) is 6.54 Å². The monoisotopic (exact) mass is 376 g/mol. The number of nitrogens with one attached hydrogen (secondary N) is 1. The summed E-state index contributed by atoms with van der Waals surface area (Å²) in [5.74, 6) is 1.29. The van der Waals surface area contributed by atoms with Crippen LogP contribution in [0.3, 0.4) is 0 Å². The van der Waals surface area contributed by atoms with Crippen molar-refractivity contribution >= 4 is 18.2 Å². The fraction of sp³-hybridized carbons (Fsp3) is 0.421. The number of aliphatic carboxylic acids is 1. The van der Waals surface area contributed by atoms with E-state index in [1.807, 2.05) is 30.3 Å². The Morgan fingerprint density at radius 2 is 1.85 bits per heavy atom. The molecule has 2 N–H and O–H groups in total. The van der Waals surface area contributed by atoms with Gasteiger partial charge in [0.15, 0.2) is 0 Å². The summed E-state index contributed by atoms with van der Waals surface area (Å²) in [5, 5.41) is 11.5. The van der Waals surface area contributed by atoms with Crippen molar-refractivity contribution in [3.63, 3.8) is 0 Å². The Morgan fingerprint density at radius 1 is 1.22 bits per heavy atom. The quantitative estimate of drug-likeness (QED) is 0.604. The number of hydrogen-bond donors (Lipinski definition) is 2. The molecule has 0 aromatic heterocycles. The average Bonchev–Trinajstić information content (AvgIpc) is 2.58. The first-order valence-corrected chi connectivity index (χ1v) is 8.28.